The zero-order chi connectivity index (χ0) is 21.5. The van der Waals surface area contributed by atoms with Gasteiger partial charge in [-0.1, -0.05) is 30.3 Å². The quantitative estimate of drug-likeness (QED) is 0.207. The van der Waals surface area contributed by atoms with Gasteiger partial charge in [-0.15, -0.1) is 0 Å². The fourth-order valence-corrected chi connectivity index (χ4v) is 2.47. The van der Waals surface area contributed by atoms with Gasteiger partial charge in [0, 0.05) is 18.7 Å². The predicted octanol–water partition coefficient (Wildman–Crippen LogP) is 0.925. The number of hydrogen-bond acceptors (Lipinski definition) is 6. The molecule has 8 nitrogen and oxygen atoms in total. The first-order valence-electron chi connectivity index (χ1n) is 9.92. The summed E-state index contributed by atoms with van der Waals surface area (Å²) < 4.78 is 4.75. The van der Waals surface area contributed by atoms with Crippen molar-refractivity contribution in [2.45, 2.75) is 39.2 Å². The van der Waals surface area contributed by atoms with Crippen LogP contribution in [0, 0.1) is 0 Å². The summed E-state index contributed by atoms with van der Waals surface area (Å²) in [4.78, 5) is 36.1. The lowest BCUT2D eigenvalue weighted by Gasteiger charge is -2.24. The molecule has 1 atom stereocenters. The summed E-state index contributed by atoms with van der Waals surface area (Å²) in [5, 5.41) is 4.31. The third kappa shape index (κ3) is 10.4. The van der Waals surface area contributed by atoms with Gasteiger partial charge >= 0.3 is 5.97 Å². The van der Waals surface area contributed by atoms with E-state index in [-0.39, 0.29) is 19.1 Å². The summed E-state index contributed by atoms with van der Waals surface area (Å²) >= 11 is 0. The summed E-state index contributed by atoms with van der Waals surface area (Å²) in [6.45, 7) is 4.92. The van der Waals surface area contributed by atoms with E-state index >= 15 is 0 Å². The topological polar surface area (TPSA) is 114 Å². The molecule has 1 unspecified atom stereocenters. The Morgan fingerprint density at radius 1 is 1.17 bits per heavy atom. The summed E-state index contributed by atoms with van der Waals surface area (Å²) in [7, 11) is 0. The average Bonchev–Trinajstić information content (AvgIpc) is 2.73. The van der Waals surface area contributed by atoms with Crippen LogP contribution in [-0.4, -0.2) is 55.1 Å². The highest BCUT2D eigenvalue weighted by molar-refractivity contribution is 5.95. The third-order valence-electron chi connectivity index (χ3n) is 4.07. The Kier molecular flexibility index (Phi) is 12.0. The molecule has 0 heterocycles. The van der Waals surface area contributed by atoms with Crippen molar-refractivity contribution in [2.24, 2.45) is 5.73 Å². The van der Waals surface area contributed by atoms with Crippen LogP contribution in [0.5, 0.6) is 0 Å². The number of rotatable bonds is 12. The molecule has 0 saturated carbocycles. The first-order valence-corrected chi connectivity index (χ1v) is 9.92. The Labute approximate surface area is 172 Å². The van der Waals surface area contributed by atoms with Crippen molar-refractivity contribution in [3.05, 3.63) is 48.0 Å². The number of hydrogen-bond donors (Lipinski definition) is 3. The maximum Gasteiger partial charge on any atom is 0.330 e. The zero-order valence-electron chi connectivity index (χ0n) is 17.2. The monoisotopic (exact) mass is 404 g/mol. The number of ether oxygens (including phenoxy) is 1. The molecule has 1 aromatic carbocycles. The number of esters is 1. The van der Waals surface area contributed by atoms with Gasteiger partial charge in [-0.3, -0.25) is 20.0 Å². The van der Waals surface area contributed by atoms with E-state index in [4.69, 9.17) is 10.5 Å². The van der Waals surface area contributed by atoms with E-state index in [1.165, 1.54) is 5.56 Å². The standard InChI is InChI=1S/C21H32N4O4/c1-3-29-20(27)13-12-19(26)25(16-8-14-22)24-21(28)17(2)23-15-7-11-18-9-5-4-6-10-18/h4-6,9-10,12-13,17,23H,3,7-8,11,14-16,22H2,1-2H3,(H,24,28)/b13-12+. The molecule has 0 spiro atoms. The lowest BCUT2D eigenvalue weighted by Crippen LogP contribution is -2.52. The molecule has 0 bridgehead atoms. The Bertz CT molecular complexity index is 664. The second-order valence-corrected chi connectivity index (χ2v) is 6.46. The van der Waals surface area contributed by atoms with Crippen molar-refractivity contribution >= 4 is 17.8 Å². The van der Waals surface area contributed by atoms with Gasteiger partial charge in [0.05, 0.1) is 12.6 Å². The van der Waals surface area contributed by atoms with E-state index in [1.807, 2.05) is 18.2 Å². The number of nitrogens with two attached hydrogens (primary N) is 1. The van der Waals surface area contributed by atoms with Crippen molar-refractivity contribution < 1.29 is 19.1 Å². The zero-order valence-corrected chi connectivity index (χ0v) is 17.2. The Hall–Kier alpha value is -2.71. The molecule has 0 aliphatic carbocycles. The van der Waals surface area contributed by atoms with Crippen LogP contribution >= 0.6 is 0 Å². The number of hydrazine groups is 1. The normalized spacial score (nSPS) is 11.8. The molecule has 0 saturated heterocycles. The van der Waals surface area contributed by atoms with E-state index in [0.717, 1.165) is 30.0 Å². The summed E-state index contributed by atoms with van der Waals surface area (Å²) in [6, 6.07) is 9.65. The molecule has 8 heteroatoms. The molecule has 2 amide bonds. The van der Waals surface area contributed by atoms with Gasteiger partial charge in [-0.05, 0) is 51.8 Å². The van der Waals surface area contributed by atoms with Crippen LogP contribution in [-0.2, 0) is 25.5 Å². The number of nitrogens with zero attached hydrogens (tertiary/aromatic N) is 1. The van der Waals surface area contributed by atoms with Gasteiger partial charge in [0.1, 0.15) is 0 Å². The minimum absolute atomic E-state index is 0.221. The van der Waals surface area contributed by atoms with Crippen LogP contribution in [0.1, 0.15) is 32.3 Å². The third-order valence-corrected chi connectivity index (χ3v) is 4.07. The maximum atomic E-state index is 12.4. The molecule has 0 aliphatic heterocycles. The lowest BCUT2D eigenvalue weighted by atomic mass is 10.1. The Balaban J connectivity index is 2.48. The molecule has 29 heavy (non-hydrogen) atoms. The smallest absolute Gasteiger partial charge is 0.330 e. The first kappa shape index (κ1) is 24.3. The molecule has 0 aromatic heterocycles. The van der Waals surface area contributed by atoms with Gasteiger partial charge in [0.15, 0.2) is 0 Å². The van der Waals surface area contributed by atoms with Gasteiger partial charge in [0.25, 0.3) is 11.8 Å². The minimum atomic E-state index is -0.612. The predicted molar refractivity (Wildman–Crippen MR) is 112 cm³/mol. The van der Waals surface area contributed by atoms with Crippen LogP contribution < -0.4 is 16.5 Å². The molecule has 1 aromatic rings. The second-order valence-electron chi connectivity index (χ2n) is 6.46. The molecule has 160 valence electrons. The molecule has 0 aliphatic rings. The van der Waals surface area contributed by atoms with E-state index in [1.54, 1.807) is 13.8 Å². The van der Waals surface area contributed by atoms with E-state index in [2.05, 4.69) is 22.9 Å². The average molecular weight is 405 g/mol. The van der Waals surface area contributed by atoms with Gasteiger partial charge in [-0.25, -0.2) is 4.79 Å². The van der Waals surface area contributed by atoms with Gasteiger partial charge < -0.3 is 15.8 Å². The highest BCUT2D eigenvalue weighted by Gasteiger charge is 2.18. The van der Waals surface area contributed by atoms with Crippen LogP contribution in [0.15, 0.2) is 42.5 Å². The van der Waals surface area contributed by atoms with Crippen molar-refractivity contribution in [3.63, 3.8) is 0 Å². The SMILES string of the molecule is CCOC(=O)/C=C/C(=O)N(CCCN)NC(=O)C(C)NCCCc1ccccc1. The number of aryl methyl sites for hydroxylation is 1. The fourth-order valence-electron chi connectivity index (χ4n) is 2.47. The van der Waals surface area contributed by atoms with Crippen molar-refractivity contribution in [1.29, 1.82) is 0 Å². The van der Waals surface area contributed by atoms with Crippen molar-refractivity contribution in [2.75, 3.05) is 26.2 Å². The number of amides is 2. The summed E-state index contributed by atoms with van der Waals surface area (Å²) in [5.74, 6) is -1.46. The number of benzene rings is 1. The summed E-state index contributed by atoms with van der Waals surface area (Å²) in [5.41, 5.74) is 9.34. The van der Waals surface area contributed by atoms with E-state index < -0.39 is 17.9 Å². The van der Waals surface area contributed by atoms with Gasteiger partial charge in [-0.2, -0.15) is 0 Å². The largest absolute Gasteiger partial charge is 0.463 e. The van der Waals surface area contributed by atoms with Crippen LogP contribution in [0.3, 0.4) is 0 Å². The highest BCUT2D eigenvalue weighted by Crippen LogP contribution is 2.01. The Morgan fingerprint density at radius 2 is 1.90 bits per heavy atom. The molecular formula is C21H32N4O4. The number of carbonyl (C=O) groups is 3. The molecule has 1 rings (SSSR count). The molecule has 0 radical (unpaired) electrons. The fraction of sp³-hybridized carbons (Fsp3) is 0.476. The maximum absolute atomic E-state index is 12.4. The number of nitrogens with one attached hydrogen (secondary N) is 2. The van der Waals surface area contributed by atoms with Crippen molar-refractivity contribution in [1.82, 2.24) is 15.8 Å². The van der Waals surface area contributed by atoms with E-state index in [9.17, 15) is 14.4 Å². The lowest BCUT2D eigenvalue weighted by molar-refractivity contribution is -0.139. The van der Waals surface area contributed by atoms with Crippen molar-refractivity contribution in [3.8, 4) is 0 Å². The second kappa shape index (κ2) is 14.3. The Morgan fingerprint density at radius 3 is 2.55 bits per heavy atom. The van der Waals surface area contributed by atoms with Crippen LogP contribution in [0.4, 0.5) is 0 Å². The van der Waals surface area contributed by atoms with E-state index in [0.29, 0.717) is 19.5 Å². The number of carbonyl (C=O) groups excluding carboxylic acids is 3. The molecule has 4 N–H and O–H groups in total. The van der Waals surface area contributed by atoms with Crippen LogP contribution in [0.2, 0.25) is 0 Å². The van der Waals surface area contributed by atoms with Gasteiger partial charge in [0.2, 0.25) is 0 Å². The highest BCUT2D eigenvalue weighted by atomic mass is 16.5. The summed E-state index contributed by atoms with van der Waals surface area (Å²) in [6.07, 6.45) is 4.44. The molecule has 0 fully saturated rings. The first-order chi connectivity index (χ1) is 14.0. The molecular weight excluding hydrogens is 372 g/mol. The minimum Gasteiger partial charge on any atom is -0.463 e. The van der Waals surface area contributed by atoms with Crippen LogP contribution in [0.25, 0.3) is 0 Å².